The summed E-state index contributed by atoms with van der Waals surface area (Å²) < 4.78 is 16.3. The fourth-order valence-corrected chi connectivity index (χ4v) is 2.75. The fourth-order valence-electron chi connectivity index (χ4n) is 2.75. The summed E-state index contributed by atoms with van der Waals surface area (Å²) in [7, 11) is 3.12. The summed E-state index contributed by atoms with van der Waals surface area (Å²) in [6.07, 6.45) is 2.44. The fraction of sp³-hybridized carbons (Fsp3) is 0.333. The predicted molar refractivity (Wildman–Crippen MR) is 88.7 cm³/mol. The first kappa shape index (κ1) is 16.1. The van der Waals surface area contributed by atoms with E-state index in [1.807, 2.05) is 18.2 Å². The smallest absolute Gasteiger partial charge is 0.254 e. The second kappa shape index (κ2) is 7.21. The Labute approximate surface area is 141 Å². The number of benzene rings is 1. The number of hydrogen-bond donors (Lipinski definition) is 0. The number of nitrogens with zero attached hydrogens (tertiary/aromatic N) is 2. The highest BCUT2D eigenvalue weighted by Gasteiger charge is 2.29. The highest BCUT2D eigenvalue weighted by Crippen LogP contribution is 2.28. The first-order valence-corrected chi connectivity index (χ1v) is 7.80. The van der Waals surface area contributed by atoms with E-state index in [0.717, 1.165) is 6.42 Å². The van der Waals surface area contributed by atoms with Gasteiger partial charge in [-0.2, -0.15) is 0 Å². The van der Waals surface area contributed by atoms with Crippen molar-refractivity contribution in [1.29, 1.82) is 0 Å². The number of ether oxygens (including phenoxy) is 3. The van der Waals surface area contributed by atoms with Gasteiger partial charge >= 0.3 is 0 Å². The van der Waals surface area contributed by atoms with Crippen molar-refractivity contribution in [3.63, 3.8) is 0 Å². The molecule has 24 heavy (non-hydrogen) atoms. The van der Waals surface area contributed by atoms with Crippen LogP contribution < -0.4 is 14.2 Å². The molecule has 1 aromatic heterocycles. The first-order chi connectivity index (χ1) is 11.7. The van der Waals surface area contributed by atoms with Gasteiger partial charge in [-0.05, 0) is 24.3 Å². The number of aromatic nitrogens is 1. The number of amides is 1. The third-order valence-corrected chi connectivity index (χ3v) is 3.99. The van der Waals surface area contributed by atoms with Gasteiger partial charge in [-0.25, -0.2) is 4.98 Å². The van der Waals surface area contributed by atoms with E-state index in [-0.39, 0.29) is 12.0 Å². The van der Waals surface area contributed by atoms with E-state index in [2.05, 4.69) is 4.98 Å². The van der Waals surface area contributed by atoms with Crippen molar-refractivity contribution in [2.24, 2.45) is 0 Å². The summed E-state index contributed by atoms with van der Waals surface area (Å²) in [6, 6.07) is 10.7. The van der Waals surface area contributed by atoms with Crippen LogP contribution in [0.3, 0.4) is 0 Å². The molecule has 2 aromatic rings. The van der Waals surface area contributed by atoms with E-state index in [1.54, 1.807) is 43.5 Å². The molecule has 1 aliphatic heterocycles. The Balaban J connectivity index is 1.66. The molecular formula is C18H20N2O4. The van der Waals surface area contributed by atoms with Crippen LogP contribution in [-0.2, 0) is 0 Å². The number of methoxy groups -OCH3 is 2. The molecular weight excluding hydrogens is 308 g/mol. The van der Waals surface area contributed by atoms with Gasteiger partial charge in [0.25, 0.3) is 5.91 Å². The van der Waals surface area contributed by atoms with Crippen molar-refractivity contribution in [2.75, 3.05) is 27.3 Å². The molecule has 1 aromatic carbocycles. The average Bonchev–Trinajstić information content (AvgIpc) is 3.09. The summed E-state index contributed by atoms with van der Waals surface area (Å²) in [4.78, 5) is 18.6. The van der Waals surface area contributed by atoms with Crippen molar-refractivity contribution >= 4 is 5.91 Å². The lowest BCUT2D eigenvalue weighted by Crippen LogP contribution is -2.31. The maximum absolute atomic E-state index is 12.7. The number of pyridine rings is 1. The molecule has 0 radical (unpaired) electrons. The molecule has 1 fully saturated rings. The van der Waals surface area contributed by atoms with E-state index in [0.29, 0.717) is 36.0 Å². The van der Waals surface area contributed by atoms with Gasteiger partial charge in [0.1, 0.15) is 6.10 Å². The molecule has 3 rings (SSSR count). The second-order valence-electron chi connectivity index (χ2n) is 5.52. The monoisotopic (exact) mass is 328 g/mol. The van der Waals surface area contributed by atoms with Gasteiger partial charge in [0.2, 0.25) is 5.88 Å². The average molecular weight is 328 g/mol. The molecule has 1 amide bonds. The van der Waals surface area contributed by atoms with E-state index < -0.39 is 0 Å². The molecule has 1 aliphatic rings. The van der Waals surface area contributed by atoms with Crippen LogP contribution in [0.4, 0.5) is 0 Å². The highest BCUT2D eigenvalue weighted by molar-refractivity contribution is 5.95. The van der Waals surface area contributed by atoms with E-state index in [1.165, 1.54) is 0 Å². The van der Waals surface area contributed by atoms with Crippen LogP contribution in [0.1, 0.15) is 16.8 Å². The van der Waals surface area contributed by atoms with Crippen molar-refractivity contribution in [3.8, 4) is 17.4 Å². The topological polar surface area (TPSA) is 60.9 Å². The van der Waals surface area contributed by atoms with Crippen molar-refractivity contribution in [1.82, 2.24) is 9.88 Å². The number of hydrogen-bond acceptors (Lipinski definition) is 5. The van der Waals surface area contributed by atoms with Crippen molar-refractivity contribution in [3.05, 3.63) is 48.2 Å². The van der Waals surface area contributed by atoms with Gasteiger partial charge in [-0.1, -0.05) is 6.07 Å². The molecule has 6 nitrogen and oxygen atoms in total. The summed E-state index contributed by atoms with van der Waals surface area (Å²) in [5.74, 6) is 1.70. The maximum atomic E-state index is 12.7. The quantitative estimate of drug-likeness (QED) is 0.843. The SMILES string of the molecule is COc1ccc(C(=O)N2CCC(Oc3ccccn3)C2)cc1OC. The Morgan fingerprint density at radius 3 is 2.71 bits per heavy atom. The van der Waals surface area contributed by atoms with Crippen LogP contribution in [0.2, 0.25) is 0 Å². The molecule has 0 saturated carbocycles. The minimum atomic E-state index is -0.0388. The van der Waals surface area contributed by atoms with E-state index >= 15 is 0 Å². The van der Waals surface area contributed by atoms with Crippen molar-refractivity contribution in [2.45, 2.75) is 12.5 Å². The maximum Gasteiger partial charge on any atom is 0.254 e. The summed E-state index contributed by atoms with van der Waals surface area (Å²) in [6.45, 7) is 1.20. The Hall–Kier alpha value is -2.76. The Bertz CT molecular complexity index is 705. The van der Waals surface area contributed by atoms with Crippen LogP contribution >= 0.6 is 0 Å². The third-order valence-electron chi connectivity index (χ3n) is 3.99. The number of carbonyl (C=O) groups is 1. The molecule has 1 saturated heterocycles. The minimum absolute atomic E-state index is 0.0380. The van der Waals surface area contributed by atoms with Crippen LogP contribution in [0.25, 0.3) is 0 Å². The summed E-state index contributed by atoms with van der Waals surface area (Å²) in [5, 5.41) is 0. The van der Waals surface area contributed by atoms with Crippen LogP contribution in [0, 0.1) is 0 Å². The number of likely N-dealkylation sites (tertiary alicyclic amines) is 1. The number of carbonyl (C=O) groups excluding carboxylic acids is 1. The molecule has 2 heterocycles. The lowest BCUT2D eigenvalue weighted by atomic mass is 10.1. The van der Waals surface area contributed by atoms with Gasteiger partial charge in [-0.15, -0.1) is 0 Å². The molecule has 0 N–H and O–H groups in total. The Morgan fingerprint density at radius 2 is 2.00 bits per heavy atom. The molecule has 0 aliphatic carbocycles. The molecule has 6 heteroatoms. The minimum Gasteiger partial charge on any atom is -0.493 e. The normalized spacial score (nSPS) is 16.8. The molecule has 0 bridgehead atoms. The highest BCUT2D eigenvalue weighted by atomic mass is 16.5. The lowest BCUT2D eigenvalue weighted by Gasteiger charge is -2.18. The zero-order valence-electron chi connectivity index (χ0n) is 13.8. The largest absolute Gasteiger partial charge is 0.493 e. The van der Waals surface area contributed by atoms with Gasteiger partial charge in [0.05, 0.1) is 20.8 Å². The molecule has 126 valence electrons. The number of rotatable bonds is 5. The zero-order chi connectivity index (χ0) is 16.9. The summed E-state index contributed by atoms with van der Waals surface area (Å²) >= 11 is 0. The molecule has 1 unspecified atom stereocenters. The van der Waals surface area contributed by atoms with Gasteiger partial charge in [0.15, 0.2) is 11.5 Å². The van der Waals surface area contributed by atoms with E-state index in [9.17, 15) is 4.79 Å². The predicted octanol–water partition coefficient (Wildman–Crippen LogP) is 2.39. The standard InChI is InChI=1S/C18H20N2O4/c1-22-15-7-6-13(11-16(15)23-2)18(21)20-10-8-14(12-20)24-17-5-3-4-9-19-17/h3-7,9,11,14H,8,10,12H2,1-2H3. The van der Waals surface area contributed by atoms with E-state index in [4.69, 9.17) is 14.2 Å². The van der Waals surface area contributed by atoms with Gasteiger partial charge < -0.3 is 19.1 Å². The van der Waals surface area contributed by atoms with Crippen molar-refractivity contribution < 1.29 is 19.0 Å². The second-order valence-corrected chi connectivity index (χ2v) is 5.52. The molecule has 0 spiro atoms. The van der Waals surface area contributed by atoms with Crippen LogP contribution in [-0.4, -0.2) is 49.2 Å². The third kappa shape index (κ3) is 3.42. The van der Waals surface area contributed by atoms with Crippen LogP contribution in [0.5, 0.6) is 17.4 Å². The Morgan fingerprint density at radius 1 is 1.17 bits per heavy atom. The Kier molecular flexibility index (Phi) is 4.84. The molecule has 1 atom stereocenters. The van der Waals surface area contributed by atoms with Gasteiger partial charge in [-0.3, -0.25) is 4.79 Å². The first-order valence-electron chi connectivity index (χ1n) is 7.80. The zero-order valence-corrected chi connectivity index (χ0v) is 13.8. The van der Waals surface area contributed by atoms with Crippen LogP contribution in [0.15, 0.2) is 42.6 Å². The van der Waals surface area contributed by atoms with Gasteiger partial charge in [0, 0.05) is 30.8 Å². The lowest BCUT2D eigenvalue weighted by molar-refractivity contribution is 0.0770. The summed E-state index contributed by atoms with van der Waals surface area (Å²) in [5.41, 5.74) is 0.575.